The fourth-order valence-electron chi connectivity index (χ4n) is 3.78. The Kier molecular flexibility index (Phi) is 5.44. The first-order valence-corrected chi connectivity index (χ1v) is 9.82. The highest BCUT2D eigenvalue weighted by Crippen LogP contribution is 2.25. The number of carbonyl (C=O) groups excluding carboxylic acids is 2. The Hall–Kier alpha value is -3.00. The minimum atomic E-state index is -0.686. The number of aromatic nitrogens is 1. The summed E-state index contributed by atoms with van der Waals surface area (Å²) in [5.74, 6) is 0.0985. The second-order valence-corrected chi connectivity index (χ2v) is 7.44. The lowest BCUT2D eigenvalue weighted by atomic mass is 10.0. The number of pyridine rings is 1. The summed E-state index contributed by atoms with van der Waals surface area (Å²) in [6.07, 6.45) is 4.25. The van der Waals surface area contributed by atoms with Gasteiger partial charge in [-0.05, 0) is 49.9 Å². The minimum absolute atomic E-state index is 0.0356. The molecule has 1 N–H and O–H groups in total. The number of hydrogen-bond donors (Lipinski definition) is 1. The Bertz CT molecular complexity index is 988. The number of amides is 2. The van der Waals surface area contributed by atoms with Crippen LogP contribution >= 0.6 is 0 Å². The zero-order valence-corrected chi connectivity index (χ0v) is 16.3. The van der Waals surface area contributed by atoms with Crippen LogP contribution in [0.2, 0.25) is 0 Å². The predicted octanol–water partition coefficient (Wildman–Crippen LogP) is 2.34. The van der Waals surface area contributed by atoms with Crippen molar-refractivity contribution in [3.05, 3.63) is 57.3 Å². The summed E-state index contributed by atoms with van der Waals surface area (Å²) in [5.41, 5.74) is 0.238. The lowest BCUT2D eigenvalue weighted by molar-refractivity contribution is 0.0792. The van der Waals surface area contributed by atoms with Crippen molar-refractivity contribution >= 4 is 17.6 Å². The molecule has 0 aliphatic carbocycles. The summed E-state index contributed by atoms with van der Waals surface area (Å²) < 4.78 is 10.7. The Morgan fingerprint density at radius 3 is 2.72 bits per heavy atom. The summed E-state index contributed by atoms with van der Waals surface area (Å²) in [5, 5.41) is 2.61. The normalized spacial score (nSPS) is 18.8. The fourth-order valence-corrected chi connectivity index (χ4v) is 3.78. The van der Waals surface area contributed by atoms with Gasteiger partial charge in [0.1, 0.15) is 17.1 Å². The molecule has 0 aromatic carbocycles. The highest BCUT2D eigenvalue weighted by molar-refractivity contribution is 6.05. The average molecular weight is 397 g/mol. The monoisotopic (exact) mass is 397 g/mol. The average Bonchev–Trinajstić information content (AvgIpc) is 3.41. The van der Waals surface area contributed by atoms with Crippen molar-refractivity contribution < 1.29 is 18.7 Å². The van der Waals surface area contributed by atoms with Crippen molar-refractivity contribution in [1.82, 2.24) is 9.88 Å². The van der Waals surface area contributed by atoms with Crippen LogP contribution in [-0.2, 0) is 4.74 Å². The van der Waals surface area contributed by atoms with Crippen LogP contribution < -0.4 is 10.9 Å². The standard InChI is InChI=1S/C21H23N3O5/c1-13-10-16(15-5-9-28-12-15)29-21(27)18(13)19(25)23-17-11-14(4-6-22-17)20(26)24-7-2-3-8-24/h4,6,10-11,15H,2-3,5,7-9,12H2,1H3,(H,22,23,25). The van der Waals surface area contributed by atoms with E-state index in [1.54, 1.807) is 24.0 Å². The SMILES string of the molecule is Cc1cc(C2CCOC2)oc(=O)c1C(=O)Nc1cc(C(=O)N2CCCC2)ccn1. The number of hydrogen-bond acceptors (Lipinski definition) is 6. The van der Waals surface area contributed by atoms with Crippen LogP contribution in [0.25, 0.3) is 0 Å². The molecular weight excluding hydrogens is 374 g/mol. The van der Waals surface area contributed by atoms with Gasteiger partial charge in [-0.15, -0.1) is 0 Å². The number of aryl methyl sites for hydroxylation is 1. The van der Waals surface area contributed by atoms with Crippen molar-refractivity contribution in [3.63, 3.8) is 0 Å². The smallest absolute Gasteiger partial charge is 0.349 e. The highest BCUT2D eigenvalue weighted by atomic mass is 16.5. The largest absolute Gasteiger partial charge is 0.427 e. The van der Waals surface area contributed by atoms with E-state index in [2.05, 4.69) is 10.3 Å². The molecule has 2 saturated heterocycles. The third kappa shape index (κ3) is 4.07. The lowest BCUT2D eigenvalue weighted by Crippen LogP contribution is -2.28. The van der Waals surface area contributed by atoms with E-state index in [0.29, 0.717) is 30.1 Å². The van der Waals surface area contributed by atoms with E-state index in [4.69, 9.17) is 9.15 Å². The molecule has 2 aromatic heterocycles. The molecule has 2 aliphatic rings. The summed E-state index contributed by atoms with van der Waals surface area (Å²) in [7, 11) is 0. The van der Waals surface area contributed by atoms with Crippen molar-refractivity contribution in [1.29, 1.82) is 0 Å². The lowest BCUT2D eigenvalue weighted by Gasteiger charge is -2.15. The van der Waals surface area contributed by atoms with Gasteiger partial charge in [-0.1, -0.05) is 0 Å². The minimum Gasteiger partial charge on any atom is -0.427 e. The number of ether oxygens (including phenoxy) is 1. The maximum atomic E-state index is 12.7. The maximum Gasteiger partial charge on any atom is 0.349 e. The van der Waals surface area contributed by atoms with Gasteiger partial charge >= 0.3 is 5.63 Å². The van der Waals surface area contributed by atoms with Crippen LogP contribution in [-0.4, -0.2) is 48.0 Å². The Morgan fingerprint density at radius 1 is 1.24 bits per heavy atom. The molecule has 8 heteroatoms. The molecule has 2 aromatic rings. The van der Waals surface area contributed by atoms with E-state index in [9.17, 15) is 14.4 Å². The van der Waals surface area contributed by atoms with Crippen molar-refractivity contribution in [2.75, 3.05) is 31.6 Å². The highest BCUT2D eigenvalue weighted by Gasteiger charge is 2.25. The molecular formula is C21H23N3O5. The van der Waals surface area contributed by atoms with Crippen molar-refractivity contribution in [2.45, 2.75) is 32.1 Å². The predicted molar refractivity (Wildman–Crippen MR) is 105 cm³/mol. The van der Waals surface area contributed by atoms with Gasteiger partial charge in [0, 0.05) is 37.4 Å². The molecule has 2 amide bonds. The third-order valence-electron chi connectivity index (χ3n) is 5.37. The molecule has 0 saturated carbocycles. The van der Waals surface area contributed by atoms with Crippen molar-refractivity contribution in [2.24, 2.45) is 0 Å². The Balaban J connectivity index is 1.53. The molecule has 1 atom stereocenters. The summed E-state index contributed by atoms with van der Waals surface area (Å²) in [6.45, 7) is 4.32. The molecule has 2 fully saturated rings. The zero-order chi connectivity index (χ0) is 20.4. The van der Waals surface area contributed by atoms with Gasteiger partial charge in [0.2, 0.25) is 0 Å². The molecule has 29 heavy (non-hydrogen) atoms. The number of anilines is 1. The maximum absolute atomic E-state index is 12.7. The van der Waals surface area contributed by atoms with Crippen LogP contribution in [0.15, 0.2) is 33.6 Å². The number of nitrogens with one attached hydrogen (secondary N) is 1. The number of rotatable bonds is 4. The van der Waals surface area contributed by atoms with Crippen LogP contribution in [0, 0.1) is 6.92 Å². The van der Waals surface area contributed by atoms with Crippen molar-refractivity contribution in [3.8, 4) is 0 Å². The van der Waals surface area contributed by atoms with Gasteiger partial charge in [0.25, 0.3) is 11.8 Å². The second-order valence-electron chi connectivity index (χ2n) is 7.44. The van der Waals surface area contributed by atoms with Crippen LogP contribution in [0.5, 0.6) is 0 Å². The van der Waals surface area contributed by atoms with Crippen LogP contribution in [0.1, 0.15) is 57.2 Å². The molecule has 152 valence electrons. The van der Waals surface area contributed by atoms with Gasteiger partial charge in [0.15, 0.2) is 0 Å². The van der Waals surface area contributed by atoms with E-state index in [0.717, 1.165) is 32.4 Å². The first-order valence-electron chi connectivity index (χ1n) is 9.82. The molecule has 8 nitrogen and oxygen atoms in total. The number of carbonyl (C=O) groups is 2. The molecule has 4 heterocycles. The number of likely N-dealkylation sites (tertiary alicyclic amines) is 1. The fraction of sp³-hybridized carbons (Fsp3) is 0.429. The first-order chi connectivity index (χ1) is 14.0. The second kappa shape index (κ2) is 8.16. The van der Waals surface area contributed by atoms with Gasteiger partial charge < -0.3 is 19.4 Å². The van der Waals surface area contributed by atoms with Crippen LogP contribution in [0.4, 0.5) is 5.82 Å². The van der Waals surface area contributed by atoms with Gasteiger partial charge in [-0.3, -0.25) is 9.59 Å². The summed E-state index contributed by atoms with van der Waals surface area (Å²) in [4.78, 5) is 43.6. The first kappa shape index (κ1) is 19.3. The van der Waals surface area contributed by atoms with Gasteiger partial charge in [0.05, 0.1) is 6.61 Å². The molecule has 0 radical (unpaired) electrons. The topological polar surface area (TPSA) is 102 Å². The van der Waals surface area contributed by atoms with E-state index in [1.807, 2.05) is 0 Å². The molecule has 1 unspecified atom stereocenters. The van der Waals surface area contributed by atoms with E-state index in [-0.39, 0.29) is 23.2 Å². The molecule has 2 aliphatic heterocycles. The van der Waals surface area contributed by atoms with E-state index in [1.165, 1.54) is 12.3 Å². The molecule has 0 bridgehead atoms. The number of nitrogens with zero attached hydrogens (tertiary/aromatic N) is 2. The Morgan fingerprint density at radius 2 is 2.03 bits per heavy atom. The molecule has 0 spiro atoms. The zero-order valence-electron chi connectivity index (χ0n) is 16.3. The Labute approximate surface area is 167 Å². The molecule has 4 rings (SSSR count). The summed E-state index contributed by atoms with van der Waals surface area (Å²) in [6, 6.07) is 4.87. The third-order valence-corrected chi connectivity index (χ3v) is 5.37. The van der Waals surface area contributed by atoms with Gasteiger partial charge in [-0.25, -0.2) is 9.78 Å². The van der Waals surface area contributed by atoms with E-state index < -0.39 is 11.5 Å². The quantitative estimate of drug-likeness (QED) is 0.850. The summed E-state index contributed by atoms with van der Waals surface area (Å²) >= 11 is 0. The van der Waals surface area contributed by atoms with Gasteiger partial charge in [-0.2, -0.15) is 0 Å². The van der Waals surface area contributed by atoms with Crippen LogP contribution in [0.3, 0.4) is 0 Å². The van der Waals surface area contributed by atoms with E-state index >= 15 is 0 Å².